The molecule has 4 rings (SSSR count). The van der Waals surface area contributed by atoms with Gasteiger partial charge in [-0.3, -0.25) is 4.79 Å². The fraction of sp³-hybridized carbons (Fsp3) is 0.565. The first-order valence-electron chi connectivity index (χ1n) is 11.0. The van der Waals surface area contributed by atoms with Gasteiger partial charge in [-0.1, -0.05) is 19.6 Å². The van der Waals surface area contributed by atoms with Crippen LogP contribution in [0.3, 0.4) is 0 Å². The Morgan fingerprint density at radius 1 is 1.10 bits per heavy atom. The predicted molar refractivity (Wildman–Crippen MR) is 124 cm³/mol. The second-order valence-electron chi connectivity index (χ2n) is 9.64. The van der Waals surface area contributed by atoms with Crippen LogP contribution < -0.4 is 5.43 Å². The van der Waals surface area contributed by atoms with E-state index in [0.29, 0.717) is 24.3 Å². The highest BCUT2D eigenvalue weighted by Gasteiger charge is 2.24. The molecular formula is C23H33N3O3Si. The molecule has 3 aromatic heterocycles. The zero-order valence-corrected chi connectivity index (χ0v) is 19.6. The van der Waals surface area contributed by atoms with E-state index < -0.39 is 8.07 Å². The number of hydrogen-bond donors (Lipinski definition) is 0. The molecule has 0 spiro atoms. The lowest BCUT2D eigenvalue weighted by Gasteiger charge is -2.30. The summed E-state index contributed by atoms with van der Waals surface area (Å²) in [6, 6.07) is 5.27. The summed E-state index contributed by atoms with van der Waals surface area (Å²) in [4.78, 5) is 17.2. The van der Waals surface area contributed by atoms with Crippen molar-refractivity contribution in [2.24, 2.45) is 0 Å². The minimum atomic E-state index is -1.11. The predicted octanol–water partition coefficient (Wildman–Crippen LogP) is 4.79. The molecule has 1 fully saturated rings. The van der Waals surface area contributed by atoms with Gasteiger partial charge in [-0.15, -0.1) is 0 Å². The topological polar surface area (TPSA) is 58.3 Å². The Balaban J connectivity index is 1.66. The van der Waals surface area contributed by atoms with Crippen LogP contribution >= 0.6 is 0 Å². The van der Waals surface area contributed by atoms with Gasteiger partial charge in [0, 0.05) is 57.9 Å². The van der Waals surface area contributed by atoms with E-state index in [-0.39, 0.29) is 5.43 Å². The Bertz CT molecular complexity index is 1070. The summed E-state index contributed by atoms with van der Waals surface area (Å²) >= 11 is 0. The van der Waals surface area contributed by atoms with Crippen LogP contribution in [0, 0.1) is 0 Å². The second kappa shape index (κ2) is 8.65. The van der Waals surface area contributed by atoms with Crippen molar-refractivity contribution in [1.29, 1.82) is 0 Å². The highest BCUT2D eigenvalue weighted by atomic mass is 28.3. The van der Waals surface area contributed by atoms with Gasteiger partial charge in [0.25, 0.3) is 0 Å². The van der Waals surface area contributed by atoms with Crippen molar-refractivity contribution < 1.29 is 9.47 Å². The van der Waals surface area contributed by atoms with Gasteiger partial charge in [0.2, 0.25) is 0 Å². The molecule has 0 aromatic carbocycles. The fourth-order valence-electron chi connectivity index (χ4n) is 4.40. The van der Waals surface area contributed by atoms with E-state index in [1.54, 1.807) is 19.4 Å². The highest BCUT2D eigenvalue weighted by molar-refractivity contribution is 6.76. The molecule has 7 heteroatoms. The van der Waals surface area contributed by atoms with E-state index >= 15 is 0 Å². The molecular weight excluding hydrogens is 394 g/mol. The van der Waals surface area contributed by atoms with Crippen molar-refractivity contribution >= 4 is 30.0 Å². The van der Waals surface area contributed by atoms with Crippen LogP contribution in [-0.4, -0.2) is 42.0 Å². The number of fused-ring (bicyclic) bond motifs is 3. The number of methoxy groups -OCH3 is 1. The molecule has 0 saturated heterocycles. The molecule has 1 aliphatic rings. The molecule has 1 aliphatic carbocycles. The molecule has 3 aromatic rings. The van der Waals surface area contributed by atoms with Gasteiger partial charge in [-0.05, 0) is 37.8 Å². The summed E-state index contributed by atoms with van der Waals surface area (Å²) in [5.74, 6) is 0. The van der Waals surface area contributed by atoms with Crippen LogP contribution in [0.25, 0.3) is 21.9 Å². The lowest BCUT2D eigenvalue weighted by Crippen LogP contribution is -2.24. The summed E-state index contributed by atoms with van der Waals surface area (Å²) in [5, 5.41) is 1.71. The van der Waals surface area contributed by atoms with Gasteiger partial charge >= 0.3 is 0 Å². The molecule has 0 amide bonds. The molecule has 6 nitrogen and oxygen atoms in total. The van der Waals surface area contributed by atoms with Crippen LogP contribution in [0.15, 0.2) is 35.5 Å². The number of nitrogens with zero attached hydrogens (tertiary/aromatic N) is 3. The zero-order valence-electron chi connectivity index (χ0n) is 18.6. The molecule has 0 N–H and O–H groups in total. The monoisotopic (exact) mass is 427 g/mol. The number of pyridine rings is 2. The minimum Gasteiger partial charge on any atom is -0.381 e. The maximum atomic E-state index is 12.6. The van der Waals surface area contributed by atoms with Gasteiger partial charge in [0.05, 0.1) is 17.0 Å². The van der Waals surface area contributed by atoms with Crippen molar-refractivity contribution in [3.63, 3.8) is 0 Å². The maximum absolute atomic E-state index is 12.6. The van der Waals surface area contributed by atoms with Crippen LogP contribution in [0.4, 0.5) is 0 Å². The Morgan fingerprint density at radius 3 is 2.57 bits per heavy atom. The van der Waals surface area contributed by atoms with Crippen LogP contribution in [-0.2, 0) is 16.2 Å². The molecule has 3 heterocycles. The number of aromatic nitrogens is 3. The van der Waals surface area contributed by atoms with Crippen molar-refractivity contribution in [1.82, 2.24) is 14.1 Å². The third kappa shape index (κ3) is 4.38. The van der Waals surface area contributed by atoms with Crippen molar-refractivity contribution in [3.05, 3.63) is 40.9 Å². The molecule has 0 aliphatic heterocycles. The molecule has 0 radical (unpaired) electrons. The molecule has 0 bridgehead atoms. The van der Waals surface area contributed by atoms with E-state index in [9.17, 15) is 4.79 Å². The normalized spacial score (nSPS) is 20.3. The fourth-order valence-corrected chi connectivity index (χ4v) is 5.16. The Kier molecular flexibility index (Phi) is 6.13. The Hall–Kier alpha value is -1.96. The minimum absolute atomic E-state index is 0.0281. The number of rotatable bonds is 7. The van der Waals surface area contributed by atoms with Gasteiger partial charge in [-0.2, -0.15) is 0 Å². The van der Waals surface area contributed by atoms with E-state index in [1.807, 2.05) is 17.0 Å². The average Bonchev–Trinajstić information content (AvgIpc) is 3.14. The molecule has 30 heavy (non-hydrogen) atoms. The molecule has 0 atom stereocenters. The Labute approximate surface area is 178 Å². The largest absolute Gasteiger partial charge is 0.381 e. The zero-order chi connectivity index (χ0) is 21.3. The number of ether oxygens (including phenoxy) is 2. The lowest BCUT2D eigenvalue weighted by molar-refractivity contribution is 0.0589. The van der Waals surface area contributed by atoms with Gasteiger partial charge in [-0.25, -0.2) is 4.98 Å². The van der Waals surface area contributed by atoms with Gasteiger partial charge in [0.1, 0.15) is 12.4 Å². The van der Waals surface area contributed by atoms with Crippen molar-refractivity contribution in [3.8, 4) is 0 Å². The van der Waals surface area contributed by atoms with Crippen molar-refractivity contribution in [2.45, 2.75) is 70.2 Å². The SMILES string of the molecule is COC1CCC(n2ccc(=O)c3cnc4c(ccn4COCC[Si](C)(C)C)c32)CC1. The third-order valence-corrected chi connectivity index (χ3v) is 7.97. The van der Waals surface area contributed by atoms with E-state index in [1.165, 1.54) is 0 Å². The maximum Gasteiger partial charge on any atom is 0.190 e. The van der Waals surface area contributed by atoms with Crippen molar-refractivity contribution in [2.75, 3.05) is 13.7 Å². The second-order valence-corrected chi connectivity index (χ2v) is 15.3. The first-order valence-corrected chi connectivity index (χ1v) is 14.7. The average molecular weight is 428 g/mol. The first-order chi connectivity index (χ1) is 14.4. The molecule has 0 unspecified atom stereocenters. The summed E-state index contributed by atoms with van der Waals surface area (Å²) in [7, 11) is 0.688. The summed E-state index contributed by atoms with van der Waals surface area (Å²) in [6.07, 6.45) is 10.3. The summed E-state index contributed by atoms with van der Waals surface area (Å²) < 4.78 is 15.8. The van der Waals surface area contributed by atoms with E-state index in [2.05, 4.69) is 35.3 Å². The standard InChI is InChI=1S/C23H33N3O3Si/c1-28-18-7-5-17(6-8-18)26-12-10-21(27)20-15-24-23-19(22(20)26)9-11-25(23)16-29-13-14-30(2,3)4/h9-12,15,17-18H,5-8,13-14,16H2,1-4H3. The molecule has 162 valence electrons. The van der Waals surface area contributed by atoms with E-state index in [0.717, 1.165) is 54.9 Å². The highest BCUT2D eigenvalue weighted by Crippen LogP contribution is 2.33. The molecule has 1 saturated carbocycles. The summed E-state index contributed by atoms with van der Waals surface area (Å²) in [6.45, 7) is 8.33. The van der Waals surface area contributed by atoms with Crippen LogP contribution in [0.5, 0.6) is 0 Å². The first kappa shape index (κ1) is 21.3. The third-order valence-electron chi connectivity index (χ3n) is 6.27. The van der Waals surface area contributed by atoms with E-state index in [4.69, 9.17) is 9.47 Å². The quantitative estimate of drug-likeness (QED) is 0.402. The lowest BCUT2D eigenvalue weighted by atomic mass is 9.92. The smallest absolute Gasteiger partial charge is 0.190 e. The van der Waals surface area contributed by atoms with Crippen LogP contribution in [0.1, 0.15) is 31.7 Å². The van der Waals surface area contributed by atoms with Crippen LogP contribution in [0.2, 0.25) is 25.7 Å². The Morgan fingerprint density at radius 2 is 1.87 bits per heavy atom. The van der Waals surface area contributed by atoms with Gasteiger partial charge in [0.15, 0.2) is 5.43 Å². The summed E-state index contributed by atoms with van der Waals surface area (Å²) in [5.41, 5.74) is 1.90. The van der Waals surface area contributed by atoms with Gasteiger partial charge < -0.3 is 18.6 Å². The number of hydrogen-bond acceptors (Lipinski definition) is 4.